The number of benzene rings is 1. The van der Waals surface area contributed by atoms with Gasteiger partial charge in [-0.05, 0) is 26.3 Å². The molecule has 2 N–H and O–H groups in total. The second-order valence-electron chi connectivity index (χ2n) is 5.88. The van der Waals surface area contributed by atoms with Crippen molar-refractivity contribution in [2.75, 3.05) is 7.11 Å². The monoisotopic (exact) mass is 350 g/mol. The summed E-state index contributed by atoms with van der Waals surface area (Å²) in [4.78, 5) is 35.0. The number of amides is 2. The van der Waals surface area contributed by atoms with E-state index < -0.39 is 23.8 Å². The number of rotatable bonds is 5. The number of carbonyl (C=O) groups is 3. The van der Waals surface area contributed by atoms with Crippen LogP contribution < -0.4 is 10.6 Å². The van der Waals surface area contributed by atoms with Gasteiger partial charge in [0.25, 0.3) is 0 Å². The van der Waals surface area contributed by atoms with Gasteiger partial charge in [0.05, 0.1) is 7.11 Å². The van der Waals surface area contributed by atoms with Crippen molar-refractivity contribution in [1.82, 2.24) is 10.6 Å². The predicted molar refractivity (Wildman–Crippen MR) is 89.2 cm³/mol. The van der Waals surface area contributed by atoms with Crippen molar-refractivity contribution < 1.29 is 28.6 Å². The number of methoxy groups -OCH3 is 1. The molecule has 0 aliphatic heterocycles. The molecule has 2 amide bonds. The van der Waals surface area contributed by atoms with Gasteiger partial charge in [0.2, 0.25) is 0 Å². The summed E-state index contributed by atoms with van der Waals surface area (Å²) in [6.07, 6.45) is -0.678. The van der Waals surface area contributed by atoms with E-state index in [1.807, 2.05) is 18.2 Å². The van der Waals surface area contributed by atoms with Gasteiger partial charge in [-0.1, -0.05) is 30.3 Å². The Kier molecular flexibility index (Phi) is 7.45. The fourth-order valence-electron chi connectivity index (χ4n) is 1.57. The van der Waals surface area contributed by atoms with Crippen LogP contribution in [0.25, 0.3) is 0 Å². The lowest BCUT2D eigenvalue weighted by atomic mass is 10.2. The third kappa shape index (κ3) is 8.40. The largest absolute Gasteiger partial charge is 0.464 e. The van der Waals surface area contributed by atoms with Crippen molar-refractivity contribution in [2.24, 2.45) is 0 Å². The molecule has 0 spiro atoms. The van der Waals surface area contributed by atoms with E-state index in [4.69, 9.17) is 9.47 Å². The molecule has 0 heterocycles. The fourth-order valence-corrected chi connectivity index (χ4v) is 1.57. The highest BCUT2D eigenvalue weighted by Gasteiger charge is 2.20. The minimum absolute atomic E-state index is 0.0631. The summed E-state index contributed by atoms with van der Waals surface area (Å²) >= 11 is 0. The summed E-state index contributed by atoms with van der Waals surface area (Å²) < 4.78 is 14.6. The number of hydrogen-bond donors (Lipinski definition) is 2. The first-order chi connectivity index (χ1) is 11.7. The third-order valence-electron chi connectivity index (χ3n) is 2.59. The summed E-state index contributed by atoms with van der Waals surface area (Å²) in [6.45, 7) is 5.08. The lowest BCUT2D eigenvalue weighted by molar-refractivity contribution is -0.136. The molecule has 0 bridgehead atoms. The maximum Gasteiger partial charge on any atom is 0.412 e. The lowest BCUT2D eigenvalue weighted by Crippen LogP contribution is -2.35. The van der Waals surface area contributed by atoms with Gasteiger partial charge < -0.3 is 14.2 Å². The quantitative estimate of drug-likeness (QED) is 0.480. The molecule has 0 radical (unpaired) electrons. The van der Waals surface area contributed by atoms with Gasteiger partial charge in [0.1, 0.15) is 17.9 Å². The lowest BCUT2D eigenvalue weighted by Gasteiger charge is -2.20. The molecule has 8 heteroatoms. The van der Waals surface area contributed by atoms with E-state index in [2.05, 4.69) is 15.4 Å². The summed E-state index contributed by atoms with van der Waals surface area (Å²) in [6, 6.07) is 9.07. The first-order valence-corrected chi connectivity index (χ1v) is 7.47. The zero-order chi connectivity index (χ0) is 18.9. The van der Waals surface area contributed by atoms with Gasteiger partial charge in [-0.3, -0.25) is 10.6 Å². The van der Waals surface area contributed by atoms with Crippen LogP contribution in [0.3, 0.4) is 0 Å². The average molecular weight is 350 g/mol. The number of ether oxygens (including phenoxy) is 3. The SMILES string of the molecule is COC(=O)/C(=C/NC(=O)OCc1ccccc1)NC(=O)OC(C)(C)C. The molecule has 8 nitrogen and oxygen atoms in total. The van der Waals surface area contributed by atoms with Crippen molar-refractivity contribution in [3.63, 3.8) is 0 Å². The van der Waals surface area contributed by atoms with Gasteiger partial charge in [-0.25, -0.2) is 14.4 Å². The molecule has 1 aromatic rings. The van der Waals surface area contributed by atoms with Gasteiger partial charge >= 0.3 is 18.2 Å². The second-order valence-corrected chi connectivity index (χ2v) is 5.88. The molecule has 0 saturated heterocycles. The van der Waals surface area contributed by atoms with Crippen LogP contribution in [0.2, 0.25) is 0 Å². The third-order valence-corrected chi connectivity index (χ3v) is 2.59. The van der Waals surface area contributed by atoms with E-state index in [0.717, 1.165) is 18.9 Å². The molecule has 0 atom stereocenters. The zero-order valence-corrected chi connectivity index (χ0v) is 14.6. The molecular formula is C17H22N2O6. The smallest absolute Gasteiger partial charge is 0.412 e. The second kappa shape index (κ2) is 9.31. The Hall–Kier alpha value is -3.03. The highest BCUT2D eigenvalue weighted by molar-refractivity contribution is 5.92. The molecule has 0 saturated carbocycles. The van der Waals surface area contributed by atoms with Crippen molar-refractivity contribution in [1.29, 1.82) is 0 Å². The van der Waals surface area contributed by atoms with Crippen LogP contribution in [0.15, 0.2) is 42.2 Å². The summed E-state index contributed by atoms with van der Waals surface area (Å²) in [7, 11) is 1.14. The van der Waals surface area contributed by atoms with E-state index in [1.54, 1.807) is 32.9 Å². The highest BCUT2D eigenvalue weighted by Crippen LogP contribution is 2.07. The van der Waals surface area contributed by atoms with Gasteiger partial charge in [0, 0.05) is 6.20 Å². The van der Waals surface area contributed by atoms with E-state index >= 15 is 0 Å². The number of nitrogens with one attached hydrogen (secondary N) is 2. The van der Waals surface area contributed by atoms with E-state index in [-0.39, 0.29) is 12.3 Å². The highest BCUT2D eigenvalue weighted by atomic mass is 16.6. The van der Waals surface area contributed by atoms with E-state index in [0.29, 0.717) is 0 Å². The van der Waals surface area contributed by atoms with Crippen molar-refractivity contribution >= 4 is 18.2 Å². The number of esters is 1. The Morgan fingerprint density at radius 3 is 2.28 bits per heavy atom. The van der Waals surface area contributed by atoms with Crippen molar-refractivity contribution in [2.45, 2.75) is 33.0 Å². The van der Waals surface area contributed by atoms with Gasteiger partial charge in [0.15, 0.2) is 0 Å². The Bertz CT molecular complexity index is 634. The Balaban J connectivity index is 2.61. The molecule has 0 fully saturated rings. The Morgan fingerprint density at radius 2 is 1.72 bits per heavy atom. The predicted octanol–water partition coefficient (Wildman–Crippen LogP) is 2.45. The Morgan fingerprint density at radius 1 is 1.08 bits per heavy atom. The summed E-state index contributed by atoms with van der Waals surface area (Å²) in [5, 5.41) is 4.45. The van der Waals surface area contributed by atoms with Crippen LogP contribution in [0, 0.1) is 0 Å². The molecule has 1 aromatic carbocycles. The summed E-state index contributed by atoms with van der Waals surface area (Å²) in [5.74, 6) is -0.853. The van der Waals surface area contributed by atoms with Crippen LogP contribution in [0.1, 0.15) is 26.3 Å². The summed E-state index contributed by atoms with van der Waals surface area (Å²) in [5.41, 5.74) is -0.233. The molecule has 1 rings (SSSR count). The number of alkyl carbamates (subject to hydrolysis) is 2. The van der Waals surface area contributed by atoms with Crippen LogP contribution in [0.4, 0.5) is 9.59 Å². The van der Waals surface area contributed by atoms with Crippen LogP contribution in [-0.4, -0.2) is 30.9 Å². The van der Waals surface area contributed by atoms with E-state index in [9.17, 15) is 14.4 Å². The normalized spacial score (nSPS) is 11.3. The standard InChI is InChI=1S/C17H22N2O6/c1-17(2,3)25-16(22)19-13(14(20)23-4)10-18-15(21)24-11-12-8-6-5-7-9-12/h5-10H,11H2,1-4H3,(H,18,21)(H,19,22)/b13-10-. The molecule has 0 aliphatic carbocycles. The van der Waals surface area contributed by atoms with Gasteiger partial charge in [-0.2, -0.15) is 0 Å². The van der Waals surface area contributed by atoms with Crippen LogP contribution in [-0.2, 0) is 25.6 Å². The van der Waals surface area contributed by atoms with Crippen LogP contribution in [0.5, 0.6) is 0 Å². The van der Waals surface area contributed by atoms with Crippen LogP contribution >= 0.6 is 0 Å². The first-order valence-electron chi connectivity index (χ1n) is 7.47. The molecular weight excluding hydrogens is 328 g/mol. The van der Waals surface area contributed by atoms with Crippen molar-refractivity contribution in [3.05, 3.63) is 47.8 Å². The minimum Gasteiger partial charge on any atom is -0.464 e. The number of carbonyl (C=O) groups excluding carboxylic acids is 3. The average Bonchev–Trinajstić information content (AvgIpc) is 2.55. The zero-order valence-electron chi connectivity index (χ0n) is 14.6. The van der Waals surface area contributed by atoms with E-state index in [1.165, 1.54) is 0 Å². The maximum atomic E-state index is 11.7. The topological polar surface area (TPSA) is 103 Å². The number of hydrogen-bond acceptors (Lipinski definition) is 6. The molecule has 136 valence electrons. The molecule has 25 heavy (non-hydrogen) atoms. The fraction of sp³-hybridized carbons (Fsp3) is 0.353. The first kappa shape index (κ1) is 20.0. The van der Waals surface area contributed by atoms with Crippen molar-refractivity contribution in [3.8, 4) is 0 Å². The maximum absolute atomic E-state index is 11.7. The molecule has 0 unspecified atom stereocenters. The Labute approximate surface area is 146 Å². The van der Waals surface area contributed by atoms with Gasteiger partial charge in [-0.15, -0.1) is 0 Å². The minimum atomic E-state index is -0.858. The molecule has 0 aliphatic rings. The molecule has 0 aromatic heterocycles.